The lowest BCUT2D eigenvalue weighted by Gasteiger charge is -2.30. The zero-order valence-corrected chi connectivity index (χ0v) is 15.3. The van der Waals surface area contributed by atoms with E-state index in [4.69, 9.17) is 4.74 Å². The van der Waals surface area contributed by atoms with Crippen LogP contribution < -0.4 is 9.64 Å². The van der Waals surface area contributed by atoms with Gasteiger partial charge in [0.25, 0.3) is 5.91 Å². The molecule has 0 aliphatic carbocycles. The van der Waals surface area contributed by atoms with Gasteiger partial charge in [-0.25, -0.2) is 0 Å². The highest BCUT2D eigenvalue weighted by Crippen LogP contribution is 2.31. The van der Waals surface area contributed by atoms with Gasteiger partial charge >= 0.3 is 0 Å². The van der Waals surface area contributed by atoms with Gasteiger partial charge in [0.05, 0.1) is 5.69 Å². The number of benzene rings is 2. The zero-order chi connectivity index (χ0) is 18.6. The monoisotopic (exact) mass is 364 g/mol. The Morgan fingerprint density at radius 3 is 2.70 bits per heavy atom. The van der Waals surface area contributed by atoms with Crippen molar-refractivity contribution < 1.29 is 14.3 Å². The van der Waals surface area contributed by atoms with E-state index in [1.807, 2.05) is 47.4 Å². The minimum absolute atomic E-state index is 0.0333. The molecule has 0 spiro atoms. The second-order valence-electron chi connectivity index (χ2n) is 7.12. The topological polar surface area (TPSA) is 49.9 Å². The number of nitrogens with zero attached hydrogens (tertiary/aromatic N) is 2. The zero-order valence-electron chi connectivity index (χ0n) is 15.3. The average Bonchev–Trinajstić information content (AvgIpc) is 3.16. The van der Waals surface area contributed by atoms with E-state index in [0.717, 1.165) is 31.5 Å². The molecule has 0 aromatic heterocycles. The Kier molecular flexibility index (Phi) is 5.10. The number of rotatable bonds is 5. The van der Waals surface area contributed by atoms with Crippen LogP contribution in [-0.4, -0.2) is 42.5 Å². The smallest absolute Gasteiger partial charge is 0.265 e. The first-order valence-electron chi connectivity index (χ1n) is 9.58. The number of amides is 2. The summed E-state index contributed by atoms with van der Waals surface area (Å²) in [5.74, 6) is 0.738. The van der Waals surface area contributed by atoms with Gasteiger partial charge in [-0.1, -0.05) is 42.5 Å². The second kappa shape index (κ2) is 7.82. The maximum atomic E-state index is 12.9. The van der Waals surface area contributed by atoms with Gasteiger partial charge < -0.3 is 14.5 Å². The number of carbonyl (C=O) groups excluding carboxylic acids is 2. The summed E-state index contributed by atoms with van der Waals surface area (Å²) in [6.45, 7) is 1.24. The predicted octanol–water partition coefficient (Wildman–Crippen LogP) is 3.04. The van der Waals surface area contributed by atoms with Crippen LogP contribution in [0.2, 0.25) is 0 Å². The summed E-state index contributed by atoms with van der Waals surface area (Å²) in [7, 11) is 0. The third kappa shape index (κ3) is 3.82. The van der Waals surface area contributed by atoms with Crippen LogP contribution in [0.15, 0.2) is 54.6 Å². The molecule has 0 saturated carbocycles. The van der Waals surface area contributed by atoms with Crippen LogP contribution in [0.5, 0.6) is 5.75 Å². The van der Waals surface area contributed by atoms with Crippen LogP contribution in [0, 0.1) is 0 Å². The number of para-hydroxylation sites is 2. The first-order chi connectivity index (χ1) is 13.2. The Hall–Kier alpha value is -2.82. The highest BCUT2D eigenvalue weighted by atomic mass is 16.5. The molecular weight excluding hydrogens is 340 g/mol. The molecule has 2 aliphatic rings. The largest absolute Gasteiger partial charge is 0.482 e. The average molecular weight is 364 g/mol. The summed E-state index contributed by atoms with van der Waals surface area (Å²) in [6.07, 6.45) is 3.32. The molecule has 1 fully saturated rings. The molecule has 4 rings (SSSR count). The summed E-state index contributed by atoms with van der Waals surface area (Å²) < 4.78 is 5.47. The van der Waals surface area contributed by atoms with Gasteiger partial charge in [0.1, 0.15) is 5.75 Å². The van der Waals surface area contributed by atoms with Crippen LogP contribution in [0.3, 0.4) is 0 Å². The van der Waals surface area contributed by atoms with E-state index >= 15 is 0 Å². The predicted molar refractivity (Wildman–Crippen MR) is 104 cm³/mol. The summed E-state index contributed by atoms with van der Waals surface area (Å²) >= 11 is 0. The lowest BCUT2D eigenvalue weighted by molar-refractivity contribution is -0.131. The molecule has 2 aromatic carbocycles. The molecule has 2 amide bonds. The van der Waals surface area contributed by atoms with Crippen molar-refractivity contribution in [1.82, 2.24) is 4.90 Å². The van der Waals surface area contributed by atoms with Crippen LogP contribution in [0.4, 0.5) is 5.69 Å². The summed E-state index contributed by atoms with van der Waals surface area (Å²) in [5.41, 5.74) is 2.02. The first-order valence-corrected chi connectivity index (χ1v) is 9.58. The van der Waals surface area contributed by atoms with Crippen molar-refractivity contribution >= 4 is 17.5 Å². The SMILES string of the molecule is O=C1COc2ccccc2N1CCC(=O)N1CCC[C@H]1Cc1ccccc1. The van der Waals surface area contributed by atoms with E-state index in [0.29, 0.717) is 18.7 Å². The Bertz CT molecular complexity index is 821. The molecule has 2 aromatic rings. The number of likely N-dealkylation sites (tertiary alicyclic amines) is 1. The molecule has 140 valence electrons. The van der Waals surface area contributed by atoms with Gasteiger partial charge in [-0.05, 0) is 37.0 Å². The molecule has 2 aliphatic heterocycles. The molecule has 27 heavy (non-hydrogen) atoms. The van der Waals surface area contributed by atoms with Crippen molar-refractivity contribution in [3.05, 3.63) is 60.2 Å². The molecule has 2 heterocycles. The highest BCUT2D eigenvalue weighted by Gasteiger charge is 2.30. The lowest BCUT2D eigenvalue weighted by Crippen LogP contribution is -2.43. The van der Waals surface area contributed by atoms with E-state index in [1.165, 1.54) is 5.56 Å². The van der Waals surface area contributed by atoms with Gasteiger partial charge in [0, 0.05) is 25.6 Å². The molecular formula is C22H24N2O3. The van der Waals surface area contributed by atoms with E-state index in [1.54, 1.807) is 4.90 Å². The van der Waals surface area contributed by atoms with E-state index in [-0.39, 0.29) is 24.5 Å². The van der Waals surface area contributed by atoms with Crippen molar-refractivity contribution in [1.29, 1.82) is 0 Å². The van der Waals surface area contributed by atoms with Gasteiger partial charge in [-0.2, -0.15) is 0 Å². The summed E-state index contributed by atoms with van der Waals surface area (Å²) in [6, 6.07) is 18.1. The number of carbonyl (C=O) groups is 2. The Morgan fingerprint density at radius 2 is 1.85 bits per heavy atom. The molecule has 5 heteroatoms. The molecule has 1 atom stereocenters. The van der Waals surface area contributed by atoms with Gasteiger partial charge in [0.15, 0.2) is 6.61 Å². The molecule has 0 radical (unpaired) electrons. The minimum atomic E-state index is -0.0937. The van der Waals surface area contributed by atoms with Crippen molar-refractivity contribution in [2.75, 3.05) is 24.6 Å². The van der Waals surface area contributed by atoms with Crippen LogP contribution in [0.25, 0.3) is 0 Å². The van der Waals surface area contributed by atoms with E-state index < -0.39 is 0 Å². The van der Waals surface area contributed by atoms with Crippen molar-refractivity contribution in [2.24, 2.45) is 0 Å². The van der Waals surface area contributed by atoms with E-state index in [9.17, 15) is 9.59 Å². The third-order valence-corrected chi connectivity index (χ3v) is 5.37. The van der Waals surface area contributed by atoms with Crippen molar-refractivity contribution in [3.8, 4) is 5.75 Å². The quantitative estimate of drug-likeness (QED) is 0.819. The fourth-order valence-corrected chi connectivity index (χ4v) is 4.01. The van der Waals surface area contributed by atoms with Crippen LogP contribution >= 0.6 is 0 Å². The fourth-order valence-electron chi connectivity index (χ4n) is 4.01. The minimum Gasteiger partial charge on any atom is -0.482 e. The number of anilines is 1. The van der Waals surface area contributed by atoms with Crippen molar-refractivity contribution in [2.45, 2.75) is 31.7 Å². The number of ether oxygens (including phenoxy) is 1. The summed E-state index contributed by atoms with van der Waals surface area (Å²) in [5, 5.41) is 0. The Labute approximate surface area is 159 Å². The van der Waals surface area contributed by atoms with E-state index in [2.05, 4.69) is 12.1 Å². The van der Waals surface area contributed by atoms with Gasteiger partial charge in [-0.3, -0.25) is 9.59 Å². The summed E-state index contributed by atoms with van der Waals surface area (Å²) in [4.78, 5) is 28.8. The first kappa shape index (κ1) is 17.6. The number of fused-ring (bicyclic) bond motifs is 1. The molecule has 1 saturated heterocycles. The normalized spacial score (nSPS) is 19.0. The van der Waals surface area contributed by atoms with Crippen LogP contribution in [0.1, 0.15) is 24.8 Å². The second-order valence-corrected chi connectivity index (χ2v) is 7.12. The number of hydrogen-bond acceptors (Lipinski definition) is 3. The fraction of sp³-hybridized carbons (Fsp3) is 0.364. The molecule has 0 unspecified atom stereocenters. The third-order valence-electron chi connectivity index (χ3n) is 5.37. The Morgan fingerprint density at radius 1 is 1.07 bits per heavy atom. The standard InChI is InChI=1S/C22H24N2O3/c25-21(23-13-6-9-18(23)15-17-7-2-1-3-8-17)12-14-24-19-10-4-5-11-20(19)27-16-22(24)26/h1-5,7-8,10-11,18H,6,9,12-16H2/t18-/m0/s1. The van der Waals surface area contributed by atoms with Gasteiger partial charge in [0.2, 0.25) is 5.91 Å². The Balaban J connectivity index is 1.40. The lowest BCUT2D eigenvalue weighted by atomic mass is 10.0. The van der Waals surface area contributed by atoms with Crippen molar-refractivity contribution in [3.63, 3.8) is 0 Å². The maximum absolute atomic E-state index is 12.9. The maximum Gasteiger partial charge on any atom is 0.265 e. The highest BCUT2D eigenvalue weighted by molar-refractivity contribution is 5.98. The molecule has 5 nitrogen and oxygen atoms in total. The molecule has 0 N–H and O–H groups in total. The molecule has 0 bridgehead atoms. The van der Waals surface area contributed by atoms with Gasteiger partial charge in [-0.15, -0.1) is 0 Å². The van der Waals surface area contributed by atoms with Crippen LogP contribution in [-0.2, 0) is 16.0 Å². The number of hydrogen-bond donors (Lipinski definition) is 0.